The van der Waals surface area contributed by atoms with Crippen LogP contribution in [0.2, 0.25) is 5.02 Å². The van der Waals surface area contributed by atoms with Gasteiger partial charge in [0.1, 0.15) is 5.82 Å². The second-order valence-corrected chi connectivity index (χ2v) is 5.33. The van der Waals surface area contributed by atoms with Gasteiger partial charge in [-0.3, -0.25) is 4.79 Å². The number of rotatable bonds is 2. The van der Waals surface area contributed by atoms with Crippen LogP contribution in [0.4, 0.5) is 10.1 Å². The molecule has 0 bridgehead atoms. The van der Waals surface area contributed by atoms with Crippen molar-refractivity contribution < 1.29 is 9.18 Å². The number of hydrogen-bond acceptors (Lipinski definition) is 1. The summed E-state index contributed by atoms with van der Waals surface area (Å²) in [7, 11) is 0. The van der Waals surface area contributed by atoms with Crippen molar-refractivity contribution in [3.05, 3.63) is 62.8 Å². The predicted octanol–water partition coefficient (Wildman–Crippen LogP) is 4.80. The molecule has 0 aliphatic carbocycles. The number of amides is 1. The second-order valence-electron chi connectivity index (χ2n) is 4.01. The van der Waals surface area contributed by atoms with Crippen LogP contribution in [0.15, 0.2) is 40.9 Å². The van der Waals surface area contributed by atoms with Gasteiger partial charge in [0.25, 0.3) is 5.91 Å². The topological polar surface area (TPSA) is 29.1 Å². The van der Waals surface area contributed by atoms with E-state index in [1.807, 2.05) is 0 Å². The summed E-state index contributed by atoms with van der Waals surface area (Å²) in [5.74, 6) is -0.918. The van der Waals surface area contributed by atoms with Gasteiger partial charge in [0.2, 0.25) is 0 Å². The molecule has 2 rings (SSSR count). The minimum absolute atomic E-state index is 0.170. The molecular weight excluding hydrogens is 333 g/mol. The first-order valence-electron chi connectivity index (χ1n) is 5.50. The van der Waals surface area contributed by atoms with Gasteiger partial charge in [-0.15, -0.1) is 0 Å². The predicted molar refractivity (Wildman–Crippen MR) is 78.2 cm³/mol. The van der Waals surface area contributed by atoms with Gasteiger partial charge in [-0.1, -0.05) is 39.7 Å². The van der Waals surface area contributed by atoms with E-state index in [1.54, 1.807) is 37.3 Å². The van der Waals surface area contributed by atoms with Crippen molar-refractivity contribution in [2.45, 2.75) is 6.92 Å². The standard InChI is InChI=1S/C14H10BrClFNO/c1-8-3-2-4-12(17)13(8)18-14(19)10-7-9(15)5-6-11(10)16/h2-7H,1H3,(H,18,19). The molecule has 0 fully saturated rings. The summed E-state index contributed by atoms with van der Waals surface area (Å²) in [5.41, 5.74) is 1.11. The first-order chi connectivity index (χ1) is 8.99. The Labute approximate surface area is 123 Å². The minimum Gasteiger partial charge on any atom is -0.319 e. The maximum atomic E-state index is 13.6. The van der Waals surface area contributed by atoms with Crippen molar-refractivity contribution in [2.75, 3.05) is 5.32 Å². The van der Waals surface area contributed by atoms with Gasteiger partial charge in [0, 0.05) is 4.47 Å². The zero-order chi connectivity index (χ0) is 14.0. The fourth-order valence-corrected chi connectivity index (χ4v) is 2.21. The maximum absolute atomic E-state index is 13.6. The third-order valence-electron chi connectivity index (χ3n) is 2.63. The summed E-state index contributed by atoms with van der Waals surface area (Å²) >= 11 is 9.23. The van der Waals surface area contributed by atoms with Gasteiger partial charge in [-0.2, -0.15) is 0 Å². The molecule has 0 aliphatic rings. The molecule has 0 radical (unpaired) electrons. The summed E-state index contributed by atoms with van der Waals surface area (Å²) in [6.45, 7) is 1.72. The van der Waals surface area contributed by atoms with Gasteiger partial charge in [0.15, 0.2) is 0 Å². The molecule has 0 saturated heterocycles. The first kappa shape index (κ1) is 14.0. The molecular formula is C14H10BrClFNO. The Bertz CT molecular complexity index is 625. The molecule has 2 aromatic carbocycles. The lowest BCUT2D eigenvalue weighted by Crippen LogP contribution is -2.14. The third-order valence-corrected chi connectivity index (χ3v) is 3.46. The number of nitrogens with one attached hydrogen (secondary N) is 1. The quantitative estimate of drug-likeness (QED) is 0.834. The van der Waals surface area contributed by atoms with E-state index in [1.165, 1.54) is 6.07 Å². The van der Waals surface area contributed by atoms with E-state index in [4.69, 9.17) is 11.6 Å². The number of aryl methyl sites for hydroxylation is 1. The van der Waals surface area contributed by atoms with E-state index in [-0.39, 0.29) is 5.69 Å². The van der Waals surface area contributed by atoms with Gasteiger partial charge in [-0.05, 0) is 36.8 Å². The van der Waals surface area contributed by atoms with E-state index in [2.05, 4.69) is 21.2 Å². The molecule has 0 heterocycles. The van der Waals surface area contributed by atoms with Crippen molar-refractivity contribution in [3.63, 3.8) is 0 Å². The van der Waals surface area contributed by atoms with Gasteiger partial charge in [0.05, 0.1) is 16.3 Å². The molecule has 98 valence electrons. The van der Waals surface area contributed by atoms with Crippen LogP contribution in [0.25, 0.3) is 0 Å². The molecule has 1 amide bonds. The number of para-hydroxylation sites is 1. The number of carbonyl (C=O) groups is 1. The highest BCUT2D eigenvalue weighted by Crippen LogP contribution is 2.24. The average molecular weight is 343 g/mol. The van der Waals surface area contributed by atoms with Crippen LogP contribution in [0.5, 0.6) is 0 Å². The first-order valence-corrected chi connectivity index (χ1v) is 6.67. The molecule has 0 aromatic heterocycles. The molecule has 1 N–H and O–H groups in total. The lowest BCUT2D eigenvalue weighted by Gasteiger charge is -2.10. The van der Waals surface area contributed by atoms with Crippen LogP contribution in [0.1, 0.15) is 15.9 Å². The number of hydrogen-bond donors (Lipinski definition) is 1. The Balaban J connectivity index is 2.34. The monoisotopic (exact) mass is 341 g/mol. The van der Waals surface area contributed by atoms with Crippen LogP contribution in [0.3, 0.4) is 0 Å². The number of anilines is 1. The Morgan fingerprint density at radius 2 is 2.05 bits per heavy atom. The average Bonchev–Trinajstić information content (AvgIpc) is 2.37. The fourth-order valence-electron chi connectivity index (χ4n) is 1.64. The number of halogens is 3. The molecule has 0 unspecified atom stereocenters. The molecule has 0 aliphatic heterocycles. The largest absolute Gasteiger partial charge is 0.319 e. The SMILES string of the molecule is Cc1cccc(F)c1NC(=O)c1cc(Br)ccc1Cl. The van der Waals surface area contributed by atoms with Gasteiger partial charge >= 0.3 is 0 Å². The smallest absolute Gasteiger partial charge is 0.257 e. The highest BCUT2D eigenvalue weighted by atomic mass is 79.9. The van der Waals surface area contributed by atoms with E-state index in [0.29, 0.717) is 16.1 Å². The summed E-state index contributed by atoms with van der Waals surface area (Å²) < 4.78 is 14.4. The second kappa shape index (κ2) is 5.72. The lowest BCUT2D eigenvalue weighted by molar-refractivity contribution is 0.102. The number of carbonyl (C=O) groups excluding carboxylic acids is 1. The molecule has 2 nitrogen and oxygen atoms in total. The third kappa shape index (κ3) is 3.14. The molecule has 0 spiro atoms. The van der Waals surface area contributed by atoms with Crippen LogP contribution in [0, 0.1) is 12.7 Å². The van der Waals surface area contributed by atoms with Crippen LogP contribution >= 0.6 is 27.5 Å². The van der Waals surface area contributed by atoms with Crippen LogP contribution < -0.4 is 5.32 Å². The van der Waals surface area contributed by atoms with Crippen LogP contribution in [-0.4, -0.2) is 5.91 Å². The van der Waals surface area contributed by atoms with Crippen molar-refractivity contribution in [1.29, 1.82) is 0 Å². The molecule has 19 heavy (non-hydrogen) atoms. The fraction of sp³-hybridized carbons (Fsp3) is 0.0714. The molecule has 0 saturated carbocycles. The summed E-state index contributed by atoms with van der Waals surface area (Å²) in [6.07, 6.45) is 0. The van der Waals surface area contributed by atoms with Crippen molar-refractivity contribution in [2.24, 2.45) is 0 Å². The van der Waals surface area contributed by atoms with E-state index in [0.717, 1.165) is 4.47 Å². The Morgan fingerprint density at radius 1 is 1.32 bits per heavy atom. The zero-order valence-electron chi connectivity index (χ0n) is 10.0. The summed E-state index contributed by atoms with van der Waals surface area (Å²) in [6, 6.07) is 9.54. The number of benzene rings is 2. The van der Waals surface area contributed by atoms with E-state index >= 15 is 0 Å². The van der Waals surface area contributed by atoms with Gasteiger partial charge < -0.3 is 5.32 Å². The normalized spacial score (nSPS) is 10.3. The Hall–Kier alpha value is -1.39. The van der Waals surface area contributed by atoms with Crippen LogP contribution in [-0.2, 0) is 0 Å². The molecule has 0 atom stereocenters. The Morgan fingerprint density at radius 3 is 2.74 bits per heavy atom. The molecule has 5 heteroatoms. The maximum Gasteiger partial charge on any atom is 0.257 e. The molecule has 2 aromatic rings. The van der Waals surface area contributed by atoms with Crippen molar-refractivity contribution in [1.82, 2.24) is 0 Å². The highest BCUT2D eigenvalue weighted by molar-refractivity contribution is 9.10. The van der Waals surface area contributed by atoms with Crippen molar-refractivity contribution >= 4 is 39.1 Å². The summed E-state index contributed by atoms with van der Waals surface area (Å²) in [4.78, 5) is 12.1. The minimum atomic E-state index is -0.473. The van der Waals surface area contributed by atoms with E-state index in [9.17, 15) is 9.18 Å². The van der Waals surface area contributed by atoms with E-state index < -0.39 is 11.7 Å². The lowest BCUT2D eigenvalue weighted by atomic mass is 10.1. The van der Waals surface area contributed by atoms with Gasteiger partial charge in [-0.25, -0.2) is 4.39 Å². The Kier molecular flexibility index (Phi) is 4.22. The highest BCUT2D eigenvalue weighted by Gasteiger charge is 2.14. The zero-order valence-corrected chi connectivity index (χ0v) is 12.3. The summed E-state index contributed by atoms with van der Waals surface area (Å²) in [5, 5.41) is 2.86. The van der Waals surface area contributed by atoms with Crippen molar-refractivity contribution in [3.8, 4) is 0 Å².